The Kier molecular flexibility index (Phi) is 7.62. The lowest BCUT2D eigenvalue weighted by Crippen LogP contribution is -2.59. The van der Waals surface area contributed by atoms with Gasteiger partial charge in [0.25, 0.3) is 5.56 Å². The molecule has 0 unspecified atom stereocenters. The molecule has 35 heavy (non-hydrogen) atoms. The van der Waals surface area contributed by atoms with E-state index in [1.165, 1.54) is 57.8 Å². The second kappa shape index (κ2) is 10.9. The van der Waals surface area contributed by atoms with E-state index in [1.54, 1.807) is 4.57 Å². The maximum atomic E-state index is 14.1. The maximum absolute atomic E-state index is 14.1. The van der Waals surface area contributed by atoms with Gasteiger partial charge in [-0.3, -0.25) is 14.5 Å². The van der Waals surface area contributed by atoms with Crippen molar-refractivity contribution >= 4 is 16.8 Å². The number of amides is 1. The number of carbonyl (C=O) groups is 1. The van der Waals surface area contributed by atoms with Crippen LogP contribution in [-0.4, -0.2) is 45.4 Å². The molecule has 0 atom stereocenters. The number of aromatic nitrogens is 1. The van der Waals surface area contributed by atoms with Crippen molar-refractivity contribution in [3.63, 3.8) is 0 Å². The summed E-state index contributed by atoms with van der Waals surface area (Å²) in [6, 6.07) is 10.1. The Morgan fingerprint density at radius 2 is 1.60 bits per heavy atom. The molecule has 2 heterocycles. The average Bonchev–Trinajstić information content (AvgIpc) is 2.92. The van der Waals surface area contributed by atoms with E-state index < -0.39 is 0 Å². The molecule has 1 amide bonds. The monoisotopic (exact) mass is 477 g/mol. The van der Waals surface area contributed by atoms with Crippen molar-refractivity contribution in [3.8, 4) is 0 Å². The van der Waals surface area contributed by atoms with E-state index in [9.17, 15) is 9.59 Å². The highest BCUT2D eigenvalue weighted by atomic mass is 16.2. The number of rotatable bonds is 6. The number of fused-ring (bicyclic) bond motifs is 1. The number of benzene rings is 1. The van der Waals surface area contributed by atoms with Crippen LogP contribution in [-0.2, 0) is 18.4 Å². The van der Waals surface area contributed by atoms with Crippen LogP contribution in [0.1, 0.15) is 89.0 Å². The van der Waals surface area contributed by atoms with Gasteiger partial charge in [0.05, 0.1) is 12.1 Å². The number of pyridine rings is 1. The highest BCUT2D eigenvalue weighted by molar-refractivity contribution is 5.81. The highest BCUT2D eigenvalue weighted by Crippen LogP contribution is 2.37. The number of hydrogen-bond donors (Lipinski definition) is 0. The molecule has 190 valence electrons. The fraction of sp³-hybridized carbons (Fsp3) is 0.667. The molecular weight excluding hydrogens is 434 g/mol. The molecule has 5 heteroatoms. The Balaban J connectivity index is 1.49. The van der Waals surface area contributed by atoms with Gasteiger partial charge in [-0.05, 0) is 69.1 Å². The third-order valence-electron chi connectivity index (χ3n) is 9.13. The van der Waals surface area contributed by atoms with Gasteiger partial charge < -0.3 is 9.47 Å². The molecule has 5 rings (SSSR count). The van der Waals surface area contributed by atoms with Crippen molar-refractivity contribution in [2.75, 3.05) is 19.6 Å². The van der Waals surface area contributed by atoms with Gasteiger partial charge in [0.15, 0.2) is 0 Å². The zero-order valence-corrected chi connectivity index (χ0v) is 21.6. The average molecular weight is 478 g/mol. The van der Waals surface area contributed by atoms with Gasteiger partial charge in [-0.15, -0.1) is 0 Å². The summed E-state index contributed by atoms with van der Waals surface area (Å²) >= 11 is 0. The van der Waals surface area contributed by atoms with Crippen LogP contribution >= 0.6 is 0 Å². The number of aryl methyl sites for hydroxylation is 1. The van der Waals surface area contributed by atoms with E-state index >= 15 is 0 Å². The number of piperidine rings is 1. The lowest BCUT2D eigenvalue weighted by molar-refractivity contribution is -0.140. The smallest absolute Gasteiger partial charge is 0.255 e. The van der Waals surface area contributed by atoms with Crippen molar-refractivity contribution in [1.82, 2.24) is 14.4 Å². The molecular formula is C30H43N3O2. The molecule has 3 fully saturated rings. The molecule has 2 aliphatic carbocycles. The van der Waals surface area contributed by atoms with Crippen molar-refractivity contribution in [3.05, 3.63) is 46.2 Å². The summed E-state index contributed by atoms with van der Waals surface area (Å²) in [4.78, 5) is 32.3. The van der Waals surface area contributed by atoms with Gasteiger partial charge in [-0.2, -0.15) is 0 Å². The van der Waals surface area contributed by atoms with E-state index in [0.29, 0.717) is 12.5 Å². The van der Waals surface area contributed by atoms with Crippen molar-refractivity contribution in [2.24, 2.45) is 13.0 Å². The Morgan fingerprint density at radius 1 is 0.943 bits per heavy atom. The molecule has 1 aliphatic heterocycles. The van der Waals surface area contributed by atoms with Crippen molar-refractivity contribution < 1.29 is 4.79 Å². The lowest BCUT2D eigenvalue weighted by atomic mass is 9.78. The number of carbonyl (C=O) groups excluding carboxylic acids is 1. The molecule has 0 radical (unpaired) electrons. The van der Waals surface area contributed by atoms with Gasteiger partial charge >= 0.3 is 0 Å². The molecule has 1 aromatic carbocycles. The maximum Gasteiger partial charge on any atom is 0.255 e. The minimum absolute atomic E-state index is 0.0285. The second-order valence-electron chi connectivity index (χ2n) is 11.5. The summed E-state index contributed by atoms with van der Waals surface area (Å²) in [6.07, 6.45) is 15.6. The fourth-order valence-electron chi connectivity index (χ4n) is 7.14. The Labute approximate surface area is 210 Å². The van der Waals surface area contributed by atoms with Gasteiger partial charge in [0.2, 0.25) is 5.91 Å². The largest absolute Gasteiger partial charge is 0.336 e. The predicted molar refractivity (Wildman–Crippen MR) is 142 cm³/mol. The van der Waals surface area contributed by atoms with Crippen LogP contribution in [0.5, 0.6) is 0 Å². The topological polar surface area (TPSA) is 45.6 Å². The first-order valence-corrected chi connectivity index (χ1v) is 14.2. The summed E-state index contributed by atoms with van der Waals surface area (Å²) in [6.45, 7) is 3.52. The first-order chi connectivity index (χ1) is 17.1. The quantitative estimate of drug-likeness (QED) is 0.541. The SMILES string of the molecule is Cn1c(=O)c(CN(CC2(N3CCCCC3)CCCCC2)C(=O)C2CCCCC2)cc2ccccc21. The van der Waals surface area contributed by atoms with Crippen LogP contribution in [0.2, 0.25) is 0 Å². The molecule has 0 N–H and O–H groups in total. The van der Waals surface area contributed by atoms with Crippen LogP contribution in [0.15, 0.2) is 35.1 Å². The van der Waals surface area contributed by atoms with Crippen molar-refractivity contribution in [1.29, 1.82) is 0 Å². The standard InChI is InChI=1S/C30H43N3O2/c1-31-27-16-8-7-15-25(27)21-26(28(31)34)22-32(29(35)24-13-5-2-6-14-24)23-30(17-9-3-10-18-30)33-19-11-4-12-20-33/h7-8,15-16,21,24H,2-6,9-14,17-20,22-23H2,1H3. The first-order valence-electron chi connectivity index (χ1n) is 14.2. The molecule has 0 bridgehead atoms. The number of likely N-dealkylation sites (tertiary alicyclic amines) is 1. The van der Waals surface area contributed by atoms with E-state index in [4.69, 9.17) is 0 Å². The van der Waals surface area contributed by atoms with Gasteiger partial charge in [0, 0.05) is 30.6 Å². The van der Waals surface area contributed by atoms with Crippen LogP contribution in [0.4, 0.5) is 0 Å². The molecule has 3 aliphatic rings. The van der Waals surface area contributed by atoms with Crippen LogP contribution in [0.25, 0.3) is 10.9 Å². The van der Waals surface area contributed by atoms with E-state index in [1.807, 2.05) is 31.3 Å². The fourth-order valence-corrected chi connectivity index (χ4v) is 7.14. The third-order valence-corrected chi connectivity index (χ3v) is 9.13. The Morgan fingerprint density at radius 3 is 2.34 bits per heavy atom. The molecule has 2 saturated carbocycles. The number of nitrogens with zero attached hydrogens (tertiary/aromatic N) is 3. The van der Waals surface area contributed by atoms with Crippen LogP contribution in [0, 0.1) is 5.92 Å². The van der Waals surface area contributed by atoms with Gasteiger partial charge in [0.1, 0.15) is 0 Å². The third kappa shape index (κ3) is 5.21. The number of para-hydroxylation sites is 1. The van der Waals surface area contributed by atoms with E-state index in [2.05, 4.69) is 15.9 Å². The minimum Gasteiger partial charge on any atom is -0.336 e. The van der Waals surface area contributed by atoms with E-state index in [0.717, 1.165) is 61.8 Å². The second-order valence-corrected chi connectivity index (χ2v) is 11.5. The summed E-state index contributed by atoms with van der Waals surface area (Å²) in [5.41, 5.74) is 1.80. The molecule has 5 nitrogen and oxygen atoms in total. The molecule has 1 saturated heterocycles. The molecule has 1 aromatic heterocycles. The zero-order chi connectivity index (χ0) is 24.3. The molecule has 2 aromatic rings. The number of hydrogen-bond acceptors (Lipinski definition) is 3. The predicted octanol–water partition coefficient (Wildman–Crippen LogP) is 5.64. The summed E-state index contributed by atoms with van der Waals surface area (Å²) in [5, 5.41) is 1.07. The summed E-state index contributed by atoms with van der Waals surface area (Å²) in [7, 11) is 1.86. The van der Waals surface area contributed by atoms with Crippen LogP contribution in [0.3, 0.4) is 0 Å². The minimum atomic E-state index is 0.0285. The van der Waals surface area contributed by atoms with Gasteiger partial charge in [-0.25, -0.2) is 0 Å². The zero-order valence-electron chi connectivity index (χ0n) is 21.6. The normalized spacial score (nSPS) is 21.7. The van der Waals surface area contributed by atoms with E-state index in [-0.39, 0.29) is 17.0 Å². The van der Waals surface area contributed by atoms with Crippen molar-refractivity contribution in [2.45, 2.75) is 95.6 Å². The first kappa shape index (κ1) is 24.5. The summed E-state index contributed by atoms with van der Waals surface area (Å²) in [5.74, 6) is 0.414. The van der Waals surface area contributed by atoms with Gasteiger partial charge in [-0.1, -0.05) is 63.1 Å². The Hall–Kier alpha value is -2.14. The highest BCUT2D eigenvalue weighted by Gasteiger charge is 2.41. The Bertz CT molecular complexity index is 1070. The lowest BCUT2D eigenvalue weighted by Gasteiger charge is -2.50. The summed E-state index contributed by atoms with van der Waals surface area (Å²) < 4.78 is 1.76. The van der Waals surface area contributed by atoms with Crippen LogP contribution < -0.4 is 5.56 Å². The molecule has 0 spiro atoms.